The lowest BCUT2D eigenvalue weighted by atomic mass is 10.1. The van der Waals surface area contributed by atoms with Crippen molar-refractivity contribution in [2.24, 2.45) is 0 Å². The van der Waals surface area contributed by atoms with E-state index >= 15 is 0 Å². The highest BCUT2D eigenvalue weighted by Gasteiger charge is 2.00. The summed E-state index contributed by atoms with van der Waals surface area (Å²) in [7, 11) is 0. The first-order chi connectivity index (χ1) is 5.59. The molecule has 0 fully saturated rings. The van der Waals surface area contributed by atoms with Gasteiger partial charge in [-0.05, 0) is 40.5 Å². The number of hydrogen-bond donors (Lipinski definition) is 0. The molecule has 0 saturated heterocycles. The van der Waals surface area contributed by atoms with Gasteiger partial charge >= 0.3 is 0 Å². The van der Waals surface area contributed by atoms with Gasteiger partial charge < -0.3 is 0 Å². The molecule has 3 heteroatoms. The maximum absolute atomic E-state index is 10.8. The number of hydrogen-bond acceptors (Lipinski definition) is 1. The lowest BCUT2D eigenvalue weighted by Gasteiger charge is -1.99. The highest BCUT2D eigenvalue weighted by Crippen LogP contribution is 2.23. The molecule has 0 bridgehead atoms. The van der Waals surface area contributed by atoms with Crippen LogP contribution in [-0.2, 0) is 11.2 Å². The van der Waals surface area contributed by atoms with E-state index in [1.54, 1.807) is 13.0 Å². The fraction of sp³-hybridized carbons (Fsp3) is 0.222. The van der Waals surface area contributed by atoms with Gasteiger partial charge in [-0.1, -0.05) is 17.7 Å². The standard InChI is InChI=1S/C9H8BrClO/c1-6(12)4-7-2-3-8(10)9(11)5-7/h2-3,5H,4H2,1H3. The quantitative estimate of drug-likeness (QED) is 0.784. The Morgan fingerprint density at radius 2 is 2.25 bits per heavy atom. The second kappa shape index (κ2) is 4.06. The molecule has 0 saturated carbocycles. The smallest absolute Gasteiger partial charge is 0.134 e. The second-order valence-electron chi connectivity index (χ2n) is 2.63. The zero-order valence-corrected chi connectivity index (χ0v) is 8.95. The summed E-state index contributed by atoms with van der Waals surface area (Å²) in [4.78, 5) is 10.8. The molecule has 1 aromatic carbocycles. The van der Waals surface area contributed by atoms with Gasteiger partial charge in [-0.3, -0.25) is 4.79 Å². The minimum absolute atomic E-state index is 0.147. The van der Waals surface area contributed by atoms with Crippen LogP contribution in [-0.4, -0.2) is 5.78 Å². The van der Waals surface area contributed by atoms with Crippen molar-refractivity contribution >= 4 is 33.3 Å². The van der Waals surface area contributed by atoms with Gasteiger partial charge in [0.1, 0.15) is 5.78 Å². The summed E-state index contributed by atoms with van der Waals surface area (Å²) < 4.78 is 0.858. The summed E-state index contributed by atoms with van der Waals surface area (Å²) in [6.45, 7) is 1.57. The summed E-state index contributed by atoms with van der Waals surface area (Å²) in [5.41, 5.74) is 0.954. The first kappa shape index (κ1) is 9.75. The number of carbonyl (C=O) groups is 1. The third kappa shape index (κ3) is 2.61. The van der Waals surface area contributed by atoms with Crippen LogP contribution in [0, 0.1) is 0 Å². The maximum Gasteiger partial charge on any atom is 0.134 e. The van der Waals surface area contributed by atoms with Crippen molar-refractivity contribution in [2.45, 2.75) is 13.3 Å². The van der Waals surface area contributed by atoms with E-state index in [4.69, 9.17) is 11.6 Å². The highest BCUT2D eigenvalue weighted by molar-refractivity contribution is 9.10. The van der Waals surface area contributed by atoms with Gasteiger partial charge in [0, 0.05) is 10.9 Å². The topological polar surface area (TPSA) is 17.1 Å². The fourth-order valence-electron chi connectivity index (χ4n) is 0.937. The Morgan fingerprint density at radius 1 is 1.58 bits per heavy atom. The molecule has 0 amide bonds. The average Bonchev–Trinajstić information content (AvgIpc) is 1.96. The molecule has 0 radical (unpaired) electrons. The van der Waals surface area contributed by atoms with Crippen LogP contribution in [0.15, 0.2) is 22.7 Å². The molecule has 0 aliphatic rings. The number of carbonyl (C=O) groups excluding carboxylic acids is 1. The Bertz CT molecular complexity index is 309. The molecule has 0 aliphatic heterocycles. The average molecular weight is 248 g/mol. The molecule has 0 aliphatic carbocycles. The van der Waals surface area contributed by atoms with Crippen LogP contribution in [0.1, 0.15) is 12.5 Å². The zero-order valence-electron chi connectivity index (χ0n) is 6.60. The molecule has 12 heavy (non-hydrogen) atoms. The van der Waals surface area contributed by atoms with Crippen LogP contribution in [0.2, 0.25) is 5.02 Å². The highest BCUT2D eigenvalue weighted by atomic mass is 79.9. The van der Waals surface area contributed by atoms with Crippen molar-refractivity contribution in [3.05, 3.63) is 33.3 Å². The largest absolute Gasteiger partial charge is 0.300 e. The minimum atomic E-state index is 0.147. The third-order valence-corrected chi connectivity index (χ3v) is 2.67. The van der Waals surface area contributed by atoms with Crippen molar-refractivity contribution in [3.63, 3.8) is 0 Å². The Labute approximate surface area is 84.9 Å². The van der Waals surface area contributed by atoms with Crippen LogP contribution in [0.4, 0.5) is 0 Å². The van der Waals surface area contributed by atoms with Crippen molar-refractivity contribution in [1.29, 1.82) is 0 Å². The summed E-state index contributed by atoms with van der Waals surface area (Å²) in [6, 6.07) is 5.53. The first-order valence-corrected chi connectivity index (χ1v) is 4.70. The fourth-order valence-corrected chi connectivity index (χ4v) is 1.39. The number of benzene rings is 1. The maximum atomic E-state index is 10.8. The van der Waals surface area contributed by atoms with E-state index in [9.17, 15) is 4.79 Å². The molecule has 0 atom stereocenters. The van der Waals surface area contributed by atoms with Crippen molar-refractivity contribution < 1.29 is 4.79 Å². The Kier molecular flexibility index (Phi) is 3.29. The predicted molar refractivity (Wildman–Crippen MR) is 53.5 cm³/mol. The van der Waals surface area contributed by atoms with Gasteiger partial charge in [-0.15, -0.1) is 0 Å². The molecular weight excluding hydrogens is 239 g/mol. The summed E-state index contributed by atoms with van der Waals surface area (Å²) in [5.74, 6) is 0.147. The zero-order chi connectivity index (χ0) is 9.14. The van der Waals surface area contributed by atoms with Crippen molar-refractivity contribution in [3.8, 4) is 0 Å². The predicted octanol–water partition coefficient (Wildman–Crippen LogP) is 3.23. The first-order valence-electron chi connectivity index (χ1n) is 3.53. The Morgan fingerprint density at radius 3 is 2.75 bits per heavy atom. The van der Waals surface area contributed by atoms with E-state index in [1.807, 2.05) is 12.1 Å². The van der Waals surface area contributed by atoms with E-state index in [0.717, 1.165) is 10.0 Å². The lowest BCUT2D eigenvalue weighted by Crippen LogP contribution is -1.95. The van der Waals surface area contributed by atoms with Crippen LogP contribution in [0.5, 0.6) is 0 Å². The number of ketones is 1. The van der Waals surface area contributed by atoms with E-state index in [-0.39, 0.29) is 5.78 Å². The molecule has 0 unspecified atom stereocenters. The molecule has 0 heterocycles. The molecule has 0 spiro atoms. The SMILES string of the molecule is CC(=O)Cc1ccc(Br)c(Cl)c1. The van der Waals surface area contributed by atoms with Gasteiger partial charge in [0.15, 0.2) is 0 Å². The summed E-state index contributed by atoms with van der Waals surface area (Å²) in [5, 5.41) is 0.647. The molecule has 0 N–H and O–H groups in total. The van der Waals surface area contributed by atoms with Crippen LogP contribution >= 0.6 is 27.5 Å². The van der Waals surface area contributed by atoms with E-state index < -0.39 is 0 Å². The van der Waals surface area contributed by atoms with Crippen molar-refractivity contribution in [1.82, 2.24) is 0 Å². The third-order valence-electron chi connectivity index (χ3n) is 1.44. The van der Waals surface area contributed by atoms with Gasteiger partial charge in [-0.2, -0.15) is 0 Å². The van der Waals surface area contributed by atoms with Gasteiger partial charge in [-0.25, -0.2) is 0 Å². The van der Waals surface area contributed by atoms with Gasteiger partial charge in [0.25, 0.3) is 0 Å². The van der Waals surface area contributed by atoms with Crippen molar-refractivity contribution in [2.75, 3.05) is 0 Å². The normalized spacial score (nSPS) is 9.92. The molecule has 0 aromatic heterocycles. The molecule has 1 rings (SSSR count). The van der Waals surface area contributed by atoms with E-state index in [1.165, 1.54) is 0 Å². The Hall–Kier alpha value is -0.340. The molecular formula is C9H8BrClO. The van der Waals surface area contributed by atoms with Crippen LogP contribution in [0.3, 0.4) is 0 Å². The number of halogens is 2. The van der Waals surface area contributed by atoms with Crippen LogP contribution < -0.4 is 0 Å². The second-order valence-corrected chi connectivity index (χ2v) is 3.89. The lowest BCUT2D eigenvalue weighted by molar-refractivity contribution is -0.116. The Balaban J connectivity index is 2.89. The van der Waals surface area contributed by atoms with Gasteiger partial charge in [0.2, 0.25) is 0 Å². The molecule has 1 aromatic rings. The van der Waals surface area contributed by atoms with E-state index in [2.05, 4.69) is 15.9 Å². The minimum Gasteiger partial charge on any atom is -0.300 e. The van der Waals surface area contributed by atoms with Crippen LogP contribution in [0.25, 0.3) is 0 Å². The van der Waals surface area contributed by atoms with Gasteiger partial charge in [0.05, 0.1) is 5.02 Å². The monoisotopic (exact) mass is 246 g/mol. The van der Waals surface area contributed by atoms with E-state index in [0.29, 0.717) is 11.4 Å². The molecule has 1 nitrogen and oxygen atoms in total. The summed E-state index contributed by atoms with van der Waals surface area (Å²) >= 11 is 9.12. The number of Topliss-reactive ketones (excluding diaryl/α,β-unsaturated/α-hetero) is 1. The number of rotatable bonds is 2. The summed E-state index contributed by atoms with van der Waals surface area (Å²) in [6.07, 6.45) is 0.451. The molecule has 64 valence electrons.